The number of halogens is 1. The predicted octanol–water partition coefficient (Wildman–Crippen LogP) is 4.06. The molecule has 1 atom stereocenters. The summed E-state index contributed by atoms with van der Waals surface area (Å²) in [5.74, 6) is 0. The minimum Gasteiger partial charge on any atom is -0.234 e. The molecule has 76 valence electrons. The summed E-state index contributed by atoms with van der Waals surface area (Å²) in [6.45, 7) is 10.9. The van der Waals surface area contributed by atoms with Crippen LogP contribution in [0.15, 0.2) is 30.4 Å². The third-order valence-electron chi connectivity index (χ3n) is 2.91. The molecule has 0 saturated carbocycles. The van der Waals surface area contributed by atoms with Gasteiger partial charge in [0.05, 0.1) is 0 Å². The fraction of sp³-hybridized carbons (Fsp3) is 0.385. The highest BCUT2D eigenvalue weighted by atomic mass is 19.1. The standard InChI is InChI=1S/C13H17F/c1-9(2)13(5,14)12-8-6-7-10(3)11(12)4/h6-8H,1H2,2-5H3. The van der Waals surface area contributed by atoms with E-state index in [0.29, 0.717) is 5.57 Å². The SMILES string of the molecule is C=C(C)C(C)(F)c1cccc(C)c1C. The summed E-state index contributed by atoms with van der Waals surface area (Å²) < 4.78 is 14.3. The average molecular weight is 192 g/mol. The Labute approximate surface area is 85.5 Å². The molecule has 0 fully saturated rings. The van der Waals surface area contributed by atoms with Gasteiger partial charge in [-0.25, -0.2) is 4.39 Å². The third-order valence-corrected chi connectivity index (χ3v) is 2.91. The summed E-state index contributed by atoms with van der Waals surface area (Å²) in [4.78, 5) is 0. The quantitative estimate of drug-likeness (QED) is 0.620. The lowest BCUT2D eigenvalue weighted by molar-refractivity contribution is 0.244. The molecule has 0 aromatic heterocycles. The molecule has 0 aliphatic heterocycles. The molecule has 0 N–H and O–H groups in total. The number of hydrogen-bond acceptors (Lipinski definition) is 0. The van der Waals surface area contributed by atoms with Gasteiger partial charge in [-0.15, -0.1) is 0 Å². The van der Waals surface area contributed by atoms with Gasteiger partial charge in [-0.2, -0.15) is 0 Å². The molecule has 0 amide bonds. The number of hydrogen-bond donors (Lipinski definition) is 0. The zero-order valence-corrected chi connectivity index (χ0v) is 9.32. The largest absolute Gasteiger partial charge is 0.234 e. The van der Waals surface area contributed by atoms with Gasteiger partial charge in [-0.3, -0.25) is 0 Å². The molecule has 1 unspecified atom stereocenters. The second-order valence-electron chi connectivity index (χ2n) is 4.03. The Morgan fingerprint density at radius 3 is 2.43 bits per heavy atom. The van der Waals surface area contributed by atoms with Crippen LogP contribution in [-0.4, -0.2) is 0 Å². The van der Waals surface area contributed by atoms with Gasteiger partial charge in [0.2, 0.25) is 0 Å². The van der Waals surface area contributed by atoms with E-state index in [4.69, 9.17) is 0 Å². The summed E-state index contributed by atoms with van der Waals surface area (Å²) in [6.07, 6.45) is 0. The summed E-state index contributed by atoms with van der Waals surface area (Å²) in [5.41, 5.74) is 1.99. The highest BCUT2D eigenvalue weighted by molar-refractivity contribution is 5.40. The first-order chi connectivity index (χ1) is 6.37. The molecule has 1 rings (SSSR count). The summed E-state index contributed by atoms with van der Waals surface area (Å²) in [5, 5.41) is 0. The van der Waals surface area contributed by atoms with E-state index in [0.717, 1.165) is 16.7 Å². The van der Waals surface area contributed by atoms with E-state index in [1.807, 2.05) is 32.0 Å². The summed E-state index contributed by atoms with van der Waals surface area (Å²) >= 11 is 0. The highest BCUT2D eigenvalue weighted by Gasteiger charge is 2.28. The van der Waals surface area contributed by atoms with Crippen molar-refractivity contribution in [3.63, 3.8) is 0 Å². The highest BCUT2D eigenvalue weighted by Crippen LogP contribution is 2.35. The lowest BCUT2D eigenvalue weighted by Crippen LogP contribution is -2.18. The molecule has 1 aromatic rings. The lowest BCUT2D eigenvalue weighted by atomic mass is 9.87. The summed E-state index contributed by atoms with van der Waals surface area (Å²) in [7, 11) is 0. The van der Waals surface area contributed by atoms with Gasteiger partial charge >= 0.3 is 0 Å². The van der Waals surface area contributed by atoms with Crippen molar-refractivity contribution in [3.8, 4) is 0 Å². The minimum atomic E-state index is -1.42. The Morgan fingerprint density at radius 2 is 1.93 bits per heavy atom. The van der Waals surface area contributed by atoms with Crippen LogP contribution in [-0.2, 0) is 5.67 Å². The van der Waals surface area contributed by atoms with Crippen LogP contribution < -0.4 is 0 Å². The van der Waals surface area contributed by atoms with Crippen LogP contribution in [0.1, 0.15) is 30.5 Å². The molecule has 0 aliphatic rings. The first kappa shape index (κ1) is 11.0. The zero-order chi connectivity index (χ0) is 10.9. The van der Waals surface area contributed by atoms with Crippen LogP contribution >= 0.6 is 0 Å². The van der Waals surface area contributed by atoms with E-state index in [2.05, 4.69) is 6.58 Å². The number of rotatable bonds is 2. The van der Waals surface area contributed by atoms with E-state index < -0.39 is 5.67 Å². The van der Waals surface area contributed by atoms with Crippen molar-refractivity contribution in [2.45, 2.75) is 33.4 Å². The monoisotopic (exact) mass is 192 g/mol. The van der Waals surface area contributed by atoms with Crippen LogP contribution in [0.25, 0.3) is 0 Å². The Hall–Kier alpha value is -1.11. The van der Waals surface area contributed by atoms with E-state index in [-0.39, 0.29) is 0 Å². The fourth-order valence-electron chi connectivity index (χ4n) is 1.49. The molecule has 0 saturated heterocycles. The van der Waals surface area contributed by atoms with Gasteiger partial charge in [0, 0.05) is 0 Å². The van der Waals surface area contributed by atoms with Gasteiger partial charge in [-0.1, -0.05) is 24.8 Å². The molecular weight excluding hydrogens is 175 g/mol. The molecule has 14 heavy (non-hydrogen) atoms. The molecule has 1 aromatic carbocycles. The van der Waals surface area contributed by atoms with Crippen LogP contribution in [0.2, 0.25) is 0 Å². The van der Waals surface area contributed by atoms with Crippen molar-refractivity contribution in [1.29, 1.82) is 0 Å². The fourth-order valence-corrected chi connectivity index (χ4v) is 1.49. The van der Waals surface area contributed by atoms with Crippen molar-refractivity contribution in [3.05, 3.63) is 47.0 Å². The molecule has 0 aliphatic carbocycles. The first-order valence-corrected chi connectivity index (χ1v) is 4.79. The second-order valence-corrected chi connectivity index (χ2v) is 4.03. The Morgan fingerprint density at radius 1 is 1.36 bits per heavy atom. The van der Waals surface area contributed by atoms with Crippen molar-refractivity contribution >= 4 is 0 Å². The minimum absolute atomic E-state index is 0.547. The van der Waals surface area contributed by atoms with Gasteiger partial charge in [0.1, 0.15) is 0 Å². The smallest absolute Gasteiger partial charge is 0.154 e. The van der Waals surface area contributed by atoms with E-state index >= 15 is 0 Å². The van der Waals surface area contributed by atoms with Gasteiger partial charge < -0.3 is 0 Å². The van der Waals surface area contributed by atoms with Crippen molar-refractivity contribution in [1.82, 2.24) is 0 Å². The zero-order valence-electron chi connectivity index (χ0n) is 9.32. The predicted molar refractivity (Wildman–Crippen MR) is 59.2 cm³/mol. The number of aryl methyl sites for hydroxylation is 1. The van der Waals surface area contributed by atoms with Gasteiger partial charge in [-0.05, 0) is 50.0 Å². The van der Waals surface area contributed by atoms with E-state index in [1.165, 1.54) is 0 Å². The molecule has 0 spiro atoms. The maximum Gasteiger partial charge on any atom is 0.154 e. The number of benzene rings is 1. The van der Waals surface area contributed by atoms with E-state index in [1.54, 1.807) is 13.8 Å². The van der Waals surface area contributed by atoms with Crippen LogP contribution in [0.4, 0.5) is 4.39 Å². The van der Waals surface area contributed by atoms with E-state index in [9.17, 15) is 4.39 Å². The van der Waals surface area contributed by atoms with Crippen molar-refractivity contribution in [2.75, 3.05) is 0 Å². The topological polar surface area (TPSA) is 0 Å². The average Bonchev–Trinajstić information content (AvgIpc) is 2.09. The molecular formula is C13H17F. The second kappa shape index (κ2) is 3.56. The van der Waals surface area contributed by atoms with Gasteiger partial charge in [0.25, 0.3) is 0 Å². The molecule has 0 radical (unpaired) electrons. The van der Waals surface area contributed by atoms with Crippen LogP contribution in [0, 0.1) is 13.8 Å². The Bertz CT molecular complexity index is 361. The maximum atomic E-state index is 14.3. The molecule has 0 heterocycles. The number of alkyl halides is 1. The number of allylic oxidation sites excluding steroid dienone is 1. The Kier molecular flexibility index (Phi) is 2.79. The third kappa shape index (κ3) is 1.72. The van der Waals surface area contributed by atoms with Crippen molar-refractivity contribution in [2.24, 2.45) is 0 Å². The summed E-state index contributed by atoms with van der Waals surface area (Å²) in [6, 6.07) is 5.71. The maximum absolute atomic E-state index is 14.3. The molecule has 1 heteroatoms. The Balaban J connectivity index is 3.33. The lowest BCUT2D eigenvalue weighted by Gasteiger charge is -2.24. The van der Waals surface area contributed by atoms with Crippen LogP contribution in [0.3, 0.4) is 0 Å². The van der Waals surface area contributed by atoms with Crippen LogP contribution in [0.5, 0.6) is 0 Å². The normalized spacial score (nSPS) is 14.9. The first-order valence-electron chi connectivity index (χ1n) is 4.79. The molecule has 0 bridgehead atoms. The van der Waals surface area contributed by atoms with Gasteiger partial charge in [0.15, 0.2) is 5.67 Å². The van der Waals surface area contributed by atoms with Crippen molar-refractivity contribution < 1.29 is 4.39 Å². The molecule has 0 nitrogen and oxygen atoms in total.